The summed E-state index contributed by atoms with van der Waals surface area (Å²) in [4.78, 5) is 24.8. The number of carbonyl (C=O) groups is 1. The highest BCUT2D eigenvalue weighted by molar-refractivity contribution is 7.52. The molecular formula is C25H31FN7O7P. The molecule has 0 amide bonds. The number of nitrogens with two attached hydrogens (primary N) is 1. The Bertz CT molecular complexity index is 1470. The fourth-order valence-electron chi connectivity index (χ4n) is 4.38. The molecule has 220 valence electrons. The number of para-hydroxylation sites is 1. The van der Waals surface area contributed by atoms with Gasteiger partial charge in [0.25, 0.3) is 0 Å². The number of aliphatic hydroxyl groups is 1. The van der Waals surface area contributed by atoms with Crippen molar-refractivity contribution in [3.8, 4) is 5.75 Å². The molecule has 0 radical (unpaired) electrons. The minimum absolute atomic E-state index is 0.0614. The second kappa shape index (κ2) is 11.3. The first-order valence-corrected chi connectivity index (χ1v) is 14.4. The van der Waals surface area contributed by atoms with E-state index >= 15 is 4.39 Å². The fourth-order valence-corrected chi connectivity index (χ4v) is 5.88. The number of benzene rings is 1. The highest BCUT2D eigenvalue weighted by Crippen LogP contribution is 2.48. The van der Waals surface area contributed by atoms with Crippen molar-refractivity contribution in [1.29, 1.82) is 0 Å². The molecule has 6 atom stereocenters. The van der Waals surface area contributed by atoms with Crippen LogP contribution in [0.2, 0.25) is 0 Å². The number of carbonyl (C=O) groups excluding carboxylic acids is 1. The van der Waals surface area contributed by atoms with Crippen LogP contribution in [0.4, 0.5) is 16.2 Å². The molecule has 14 nitrogen and oxygen atoms in total. The second-order valence-corrected chi connectivity index (χ2v) is 11.4. The van der Waals surface area contributed by atoms with E-state index in [9.17, 15) is 14.5 Å². The third-order valence-electron chi connectivity index (χ3n) is 6.69. The number of imidazole rings is 1. The number of alkyl halides is 1. The Morgan fingerprint density at radius 3 is 2.78 bits per heavy atom. The SMILES string of the molecule is C=C[C@@]1(F)[C@H](O)[C@@H](CO[P@@](=O)(N[C@H](C)C(=O)OC)Oc2ccccc2)O[C@H]1n1cnc2c(NC3CC3)nc(N)nc21. The normalized spacial score (nSPS) is 26.3. The average Bonchev–Trinajstić information content (AvgIpc) is 3.62. The van der Waals surface area contributed by atoms with Crippen molar-refractivity contribution >= 4 is 36.6 Å². The minimum Gasteiger partial charge on any atom is -0.468 e. The lowest BCUT2D eigenvalue weighted by Crippen LogP contribution is -2.42. The van der Waals surface area contributed by atoms with Crippen LogP contribution in [-0.4, -0.2) is 74.3 Å². The molecule has 2 fully saturated rings. The molecule has 1 saturated carbocycles. The first-order valence-electron chi connectivity index (χ1n) is 12.8. The summed E-state index contributed by atoms with van der Waals surface area (Å²) in [6, 6.07) is 7.24. The Morgan fingerprint density at radius 2 is 2.12 bits per heavy atom. The molecule has 0 bridgehead atoms. The summed E-state index contributed by atoms with van der Waals surface area (Å²) in [5, 5.41) is 16.7. The Labute approximate surface area is 234 Å². The van der Waals surface area contributed by atoms with Gasteiger partial charge in [-0.05, 0) is 38.0 Å². The average molecular weight is 592 g/mol. The lowest BCUT2D eigenvalue weighted by atomic mass is 9.96. The summed E-state index contributed by atoms with van der Waals surface area (Å²) >= 11 is 0. The quantitative estimate of drug-likeness (QED) is 0.137. The number of nitrogen functional groups attached to an aromatic ring is 1. The smallest absolute Gasteiger partial charge is 0.459 e. The maximum atomic E-state index is 16.3. The number of halogens is 1. The molecule has 41 heavy (non-hydrogen) atoms. The van der Waals surface area contributed by atoms with Gasteiger partial charge in [-0.2, -0.15) is 15.1 Å². The zero-order valence-corrected chi connectivity index (χ0v) is 23.2. The van der Waals surface area contributed by atoms with Crippen LogP contribution in [0.1, 0.15) is 26.0 Å². The number of anilines is 2. The van der Waals surface area contributed by atoms with Crippen LogP contribution in [-0.2, 0) is 23.4 Å². The summed E-state index contributed by atoms with van der Waals surface area (Å²) in [7, 11) is -3.11. The lowest BCUT2D eigenvalue weighted by molar-refractivity contribution is -0.142. The molecule has 5 N–H and O–H groups in total. The van der Waals surface area contributed by atoms with E-state index in [1.54, 1.807) is 18.2 Å². The summed E-state index contributed by atoms with van der Waals surface area (Å²) < 4.78 is 53.1. The number of rotatable bonds is 12. The van der Waals surface area contributed by atoms with Gasteiger partial charge in [0.1, 0.15) is 24.0 Å². The predicted octanol–water partition coefficient (Wildman–Crippen LogP) is 2.49. The number of aliphatic hydroxyl groups excluding tert-OH is 1. The standard InChI is InChI=1S/C25H31FN7O7P/c1-4-25(26)19(34)17(12-38-41(36,32-14(2)22(35)37-3)40-16-8-6-5-7-9-16)39-23(25)33-13-28-18-20(29-15-10-11-15)30-24(27)31-21(18)33/h4-9,13-15,17,19,23,34H,1,10-12H2,2-3H3,(H,32,36)(H3,27,29,30,31)/t14-,17-,19-,23-,25-,41+/m1/s1. The molecule has 1 aromatic carbocycles. The molecule has 0 unspecified atom stereocenters. The van der Waals surface area contributed by atoms with E-state index in [-0.39, 0.29) is 23.4 Å². The van der Waals surface area contributed by atoms with E-state index in [2.05, 4.69) is 36.7 Å². The number of methoxy groups -OCH3 is 1. The van der Waals surface area contributed by atoms with Gasteiger partial charge in [0, 0.05) is 6.04 Å². The lowest BCUT2D eigenvalue weighted by Gasteiger charge is -2.26. The largest absolute Gasteiger partial charge is 0.468 e. The zero-order valence-electron chi connectivity index (χ0n) is 22.3. The molecule has 5 rings (SSSR count). The van der Waals surface area contributed by atoms with Crippen LogP contribution in [0.3, 0.4) is 0 Å². The van der Waals surface area contributed by atoms with Gasteiger partial charge in [-0.15, -0.1) is 0 Å². The first kappa shape index (κ1) is 28.9. The van der Waals surface area contributed by atoms with Crippen molar-refractivity contribution in [1.82, 2.24) is 24.6 Å². The molecule has 1 aliphatic carbocycles. The minimum atomic E-state index is -4.29. The van der Waals surface area contributed by atoms with Gasteiger partial charge in [-0.25, -0.2) is 13.9 Å². The van der Waals surface area contributed by atoms with Gasteiger partial charge in [-0.3, -0.25) is 13.9 Å². The Hall–Kier alpha value is -3.62. The first-order chi connectivity index (χ1) is 19.6. The molecular weight excluding hydrogens is 560 g/mol. The molecule has 0 spiro atoms. The fraction of sp³-hybridized carbons (Fsp3) is 0.440. The molecule has 2 aliphatic rings. The van der Waals surface area contributed by atoms with Gasteiger partial charge in [-0.1, -0.05) is 24.8 Å². The summed E-state index contributed by atoms with van der Waals surface area (Å²) in [5.74, 6) is -0.204. The van der Waals surface area contributed by atoms with Crippen LogP contribution in [0, 0.1) is 0 Å². The maximum absolute atomic E-state index is 16.3. The number of aromatic nitrogens is 4. The number of nitrogens with one attached hydrogen (secondary N) is 2. The zero-order chi connectivity index (χ0) is 29.4. The topological polar surface area (TPSA) is 185 Å². The van der Waals surface area contributed by atoms with Gasteiger partial charge >= 0.3 is 13.7 Å². The van der Waals surface area contributed by atoms with Crippen LogP contribution in [0.25, 0.3) is 11.2 Å². The van der Waals surface area contributed by atoms with E-state index in [1.165, 1.54) is 37.1 Å². The van der Waals surface area contributed by atoms with Crippen LogP contribution < -0.4 is 20.7 Å². The van der Waals surface area contributed by atoms with Crippen LogP contribution in [0.15, 0.2) is 49.3 Å². The molecule has 3 aromatic rings. The van der Waals surface area contributed by atoms with Crippen molar-refractivity contribution in [3.05, 3.63) is 49.3 Å². The van der Waals surface area contributed by atoms with Crippen LogP contribution >= 0.6 is 7.75 Å². The van der Waals surface area contributed by atoms with E-state index in [4.69, 9.17) is 19.5 Å². The van der Waals surface area contributed by atoms with E-state index in [0.29, 0.717) is 11.3 Å². The number of fused-ring (bicyclic) bond motifs is 1. The monoisotopic (exact) mass is 591 g/mol. The molecule has 16 heteroatoms. The number of hydrogen-bond acceptors (Lipinski definition) is 12. The number of nitrogens with zero attached hydrogens (tertiary/aromatic N) is 4. The maximum Gasteiger partial charge on any atom is 0.459 e. The number of ether oxygens (including phenoxy) is 2. The molecule has 1 aliphatic heterocycles. The van der Waals surface area contributed by atoms with Crippen molar-refractivity contribution < 1.29 is 37.4 Å². The highest BCUT2D eigenvalue weighted by atomic mass is 31.2. The van der Waals surface area contributed by atoms with E-state index < -0.39 is 50.5 Å². The number of hydrogen-bond donors (Lipinski definition) is 4. The van der Waals surface area contributed by atoms with Gasteiger partial charge in [0.05, 0.1) is 20.0 Å². The summed E-state index contributed by atoms with van der Waals surface area (Å²) in [5.41, 5.74) is 3.90. The summed E-state index contributed by atoms with van der Waals surface area (Å²) in [6.07, 6.45) is -0.492. The van der Waals surface area contributed by atoms with Crippen molar-refractivity contribution in [2.75, 3.05) is 24.8 Å². The molecule has 1 saturated heterocycles. The summed E-state index contributed by atoms with van der Waals surface area (Å²) in [6.45, 7) is 4.36. The van der Waals surface area contributed by atoms with Gasteiger partial charge in [0.2, 0.25) is 11.6 Å². The van der Waals surface area contributed by atoms with Crippen molar-refractivity contribution in [3.63, 3.8) is 0 Å². The molecule has 3 heterocycles. The molecule has 2 aromatic heterocycles. The third-order valence-corrected chi connectivity index (χ3v) is 8.34. The van der Waals surface area contributed by atoms with E-state index in [1.807, 2.05) is 0 Å². The third kappa shape index (κ3) is 5.90. The van der Waals surface area contributed by atoms with Crippen molar-refractivity contribution in [2.45, 2.75) is 56.0 Å². The number of esters is 1. The highest BCUT2D eigenvalue weighted by Gasteiger charge is 2.57. The Kier molecular flexibility index (Phi) is 7.99. The Balaban J connectivity index is 1.40. The second-order valence-electron chi connectivity index (χ2n) is 9.75. The van der Waals surface area contributed by atoms with E-state index in [0.717, 1.165) is 18.9 Å². The Morgan fingerprint density at radius 1 is 1.39 bits per heavy atom. The van der Waals surface area contributed by atoms with Gasteiger partial charge in [0.15, 0.2) is 23.2 Å². The van der Waals surface area contributed by atoms with Crippen LogP contribution in [0.5, 0.6) is 5.75 Å². The van der Waals surface area contributed by atoms with Gasteiger partial charge < -0.3 is 30.2 Å². The predicted molar refractivity (Wildman–Crippen MR) is 146 cm³/mol. The van der Waals surface area contributed by atoms with Crippen molar-refractivity contribution in [2.24, 2.45) is 0 Å².